The molecule has 0 aromatic rings. The van der Waals surface area contributed by atoms with Crippen LogP contribution in [0.4, 0.5) is 4.79 Å². The van der Waals surface area contributed by atoms with Gasteiger partial charge in [0, 0.05) is 25.9 Å². The maximum Gasteiger partial charge on any atom is 0.317 e. The summed E-state index contributed by atoms with van der Waals surface area (Å²) in [7, 11) is 3.50. The molecule has 3 nitrogen and oxygen atoms in total. The van der Waals surface area contributed by atoms with Gasteiger partial charge in [0.05, 0.1) is 0 Å². The van der Waals surface area contributed by atoms with Crippen molar-refractivity contribution in [2.45, 2.75) is 19.4 Å². The molecule has 0 aliphatic carbocycles. The molecule has 72 valence electrons. The molecule has 0 aromatic heterocycles. The van der Waals surface area contributed by atoms with Gasteiger partial charge in [-0.3, -0.25) is 0 Å². The number of hydrogen-bond acceptors (Lipinski definition) is 2. The molecular formula is C8H18N2OS. The summed E-state index contributed by atoms with van der Waals surface area (Å²) in [6.45, 7) is 2.08. The summed E-state index contributed by atoms with van der Waals surface area (Å²) >= 11 is 1.75. The molecule has 0 bridgehead atoms. The predicted molar refractivity (Wildman–Crippen MR) is 54.7 cm³/mol. The van der Waals surface area contributed by atoms with E-state index >= 15 is 0 Å². The van der Waals surface area contributed by atoms with E-state index in [-0.39, 0.29) is 6.03 Å². The fraction of sp³-hybridized carbons (Fsp3) is 0.875. The summed E-state index contributed by atoms with van der Waals surface area (Å²) in [6, 6.07) is 0.297. The van der Waals surface area contributed by atoms with Gasteiger partial charge in [0.25, 0.3) is 0 Å². The zero-order chi connectivity index (χ0) is 9.56. The molecule has 0 aliphatic rings. The summed E-state index contributed by atoms with van der Waals surface area (Å²) < 4.78 is 0. The first-order chi connectivity index (χ1) is 5.61. The molecule has 12 heavy (non-hydrogen) atoms. The van der Waals surface area contributed by atoms with Gasteiger partial charge in [-0.2, -0.15) is 11.8 Å². The van der Waals surface area contributed by atoms with Gasteiger partial charge in [0.15, 0.2) is 0 Å². The highest BCUT2D eigenvalue weighted by Crippen LogP contribution is 2.01. The average Bonchev–Trinajstić information content (AvgIpc) is 2.03. The number of carbonyl (C=O) groups is 1. The monoisotopic (exact) mass is 190 g/mol. The SMILES string of the molecule is CCC(CSC)NC(=O)N(C)C. The van der Waals surface area contributed by atoms with Crippen LogP contribution in [0.2, 0.25) is 0 Å². The molecule has 0 saturated heterocycles. The second kappa shape index (κ2) is 6.17. The summed E-state index contributed by atoms with van der Waals surface area (Å²) in [5, 5.41) is 2.93. The number of nitrogens with one attached hydrogen (secondary N) is 1. The summed E-state index contributed by atoms with van der Waals surface area (Å²) in [4.78, 5) is 12.8. The number of hydrogen-bond donors (Lipinski definition) is 1. The third-order valence-electron chi connectivity index (χ3n) is 1.59. The first kappa shape index (κ1) is 11.6. The van der Waals surface area contributed by atoms with E-state index in [1.165, 1.54) is 0 Å². The van der Waals surface area contributed by atoms with Crippen LogP contribution in [0.25, 0.3) is 0 Å². The van der Waals surface area contributed by atoms with E-state index in [4.69, 9.17) is 0 Å². The molecule has 4 heteroatoms. The highest BCUT2D eigenvalue weighted by atomic mass is 32.2. The van der Waals surface area contributed by atoms with Crippen LogP contribution in [-0.4, -0.2) is 43.1 Å². The van der Waals surface area contributed by atoms with Crippen LogP contribution in [0.15, 0.2) is 0 Å². The Morgan fingerprint density at radius 3 is 2.50 bits per heavy atom. The van der Waals surface area contributed by atoms with Crippen molar-refractivity contribution in [1.29, 1.82) is 0 Å². The van der Waals surface area contributed by atoms with Crippen LogP contribution in [0.5, 0.6) is 0 Å². The van der Waals surface area contributed by atoms with Crippen molar-refractivity contribution in [3.05, 3.63) is 0 Å². The highest BCUT2D eigenvalue weighted by Gasteiger charge is 2.09. The molecule has 1 N–H and O–H groups in total. The van der Waals surface area contributed by atoms with Crippen molar-refractivity contribution in [3.63, 3.8) is 0 Å². The molecule has 0 aromatic carbocycles. The number of urea groups is 1. The van der Waals surface area contributed by atoms with Crippen molar-refractivity contribution in [2.75, 3.05) is 26.1 Å². The molecule has 0 spiro atoms. The minimum absolute atomic E-state index is 0.00380. The molecule has 0 fully saturated rings. The van der Waals surface area contributed by atoms with Crippen LogP contribution in [0.1, 0.15) is 13.3 Å². The highest BCUT2D eigenvalue weighted by molar-refractivity contribution is 7.98. The molecule has 0 aliphatic heterocycles. The molecule has 2 amide bonds. The minimum atomic E-state index is -0.00380. The molecule has 0 rings (SSSR count). The van der Waals surface area contributed by atoms with Gasteiger partial charge >= 0.3 is 6.03 Å². The lowest BCUT2D eigenvalue weighted by molar-refractivity contribution is 0.214. The van der Waals surface area contributed by atoms with Gasteiger partial charge in [-0.1, -0.05) is 6.92 Å². The fourth-order valence-electron chi connectivity index (χ4n) is 0.766. The van der Waals surface area contributed by atoms with Gasteiger partial charge in [0.2, 0.25) is 0 Å². The minimum Gasteiger partial charge on any atom is -0.334 e. The van der Waals surface area contributed by atoms with Crippen LogP contribution in [-0.2, 0) is 0 Å². The van der Waals surface area contributed by atoms with Crippen molar-refractivity contribution in [2.24, 2.45) is 0 Å². The van der Waals surface area contributed by atoms with E-state index in [1.807, 2.05) is 6.26 Å². The molecular weight excluding hydrogens is 172 g/mol. The molecule has 1 unspecified atom stereocenters. The topological polar surface area (TPSA) is 32.3 Å². The van der Waals surface area contributed by atoms with E-state index in [1.54, 1.807) is 30.8 Å². The Bertz CT molecular complexity index is 139. The van der Waals surface area contributed by atoms with Crippen molar-refractivity contribution in [1.82, 2.24) is 10.2 Å². The van der Waals surface area contributed by atoms with Gasteiger partial charge in [-0.25, -0.2) is 4.79 Å². The lowest BCUT2D eigenvalue weighted by atomic mass is 10.3. The summed E-state index contributed by atoms with van der Waals surface area (Å²) in [5.74, 6) is 0.982. The number of carbonyl (C=O) groups excluding carboxylic acids is 1. The molecule has 0 saturated carbocycles. The van der Waals surface area contributed by atoms with Crippen molar-refractivity contribution < 1.29 is 4.79 Å². The molecule has 0 heterocycles. The van der Waals surface area contributed by atoms with E-state index in [2.05, 4.69) is 12.2 Å². The van der Waals surface area contributed by atoms with Gasteiger partial charge in [-0.15, -0.1) is 0 Å². The normalized spacial score (nSPS) is 12.3. The summed E-state index contributed by atoms with van der Waals surface area (Å²) in [5.41, 5.74) is 0. The van der Waals surface area contributed by atoms with Crippen LogP contribution >= 0.6 is 11.8 Å². The van der Waals surface area contributed by atoms with Gasteiger partial charge < -0.3 is 10.2 Å². The quantitative estimate of drug-likeness (QED) is 0.726. The van der Waals surface area contributed by atoms with Crippen molar-refractivity contribution >= 4 is 17.8 Å². The number of rotatable bonds is 4. The molecule has 1 atom stereocenters. The smallest absolute Gasteiger partial charge is 0.317 e. The van der Waals surface area contributed by atoms with E-state index in [9.17, 15) is 4.79 Å². The predicted octanol–water partition coefficient (Wildman–Crippen LogP) is 1.40. The van der Waals surface area contributed by atoms with Crippen molar-refractivity contribution in [3.8, 4) is 0 Å². The Hall–Kier alpha value is -0.380. The van der Waals surface area contributed by atoms with E-state index in [0.717, 1.165) is 12.2 Å². The zero-order valence-electron chi connectivity index (χ0n) is 8.26. The number of amides is 2. The van der Waals surface area contributed by atoms with E-state index in [0.29, 0.717) is 6.04 Å². The summed E-state index contributed by atoms with van der Waals surface area (Å²) in [6.07, 6.45) is 3.03. The van der Waals surface area contributed by atoms with Crippen LogP contribution in [0, 0.1) is 0 Å². The lowest BCUT2D eigenvalue weighted by Gasteiger charge is -2.19. The molecule has 0 radical (unpaired) electrons. The van der Waals surface area contributed by atoms with Gasteiger partial charge in [-0.05, 0) is 12.7 Å². The van der Waals surface area contributed by atoms with Crippen LogP contribution < -0.4 is 5.32 Å². The Morgan fingerprint density at radius 2 is 2.17 bits per heavy atom. The number of thioether (sulfide) groups is 1. The second-order valence-corrected chi connectivity index (χ2v) is 3.82. The third-order valence-corrected chi connectivity index (χ3v) is 2.33. The first-order valence-electron chi connectivity index (χ1n) is 4.08. The standard InChI is InChI=1S/C8H18N2OS/c1-5-7(6-12-4)9-8(11)10(2)3/h7H,5-6H2,1-4H3,(H,9,11). The third kappa shape index (κ3) is 4.49. The first-order valence-corrected chi connectivity index (χ1v) is 5.48. The second-order valence-electron chi connectivity index (χ2n) is 2.90. The van der Waals surface area contributed by atoms with E-state index < -0.39 is 0 Å². The Balaban J connectivity index is 3.77. The zero-order valence-corrected chi connectivity index (χ0v) is 9.07. The largest absolute Gasteiger partial charge is 0.334 e. The maximum atomic E-state index is 11.2. The lowest BCUT2D eigenvalue weighted by Crippen LogP contribution is -2.42. The van der Waals surface area contributed by atoms with Crippen LogP contribution in [0.3, 0.4) is 0 Å². The number of nitrogens with zero attached hydrogens (tertiary/aromatic N) is 1. The Kier molecular flexibility index (Phi) is 5.98. The average molecular weight is 190 g/mol. The maximum absolute atomic E-state index is 11.2. The Morgan fingerprint density at radius 1 is 1.58 bits per heavy atom. The fourth-order valence-corrected chi connectivity index (χ4v) is 1.49. The van der Waals surface area contributed by atoms with Gasteiger partial charge in [0.1, 0.15) is 0 Å². The Labute approximate surface area is 78.9 Å².